The Kier molecular flexibility index (Phi) is 2.87. The Hall–Kier alpha value is -2.99. The van der Waals surface area contributed by atoms with Crippen LogP contribution >= 0.6 is 0 Å². The van der Waals surface area contributed by atoms with Gasteiger partial charge >= 0.3 is 0 Å². The van der Waals surface area contributed by atoms with Crippen molar-refractivity contribution >= 4 is 22.9 Å². The van der Waals surface area contributed by atoms with Gasteiger partial charge in [-0.15, -0.1) is 0 Å². The van der Waals surface area contributed by atoms with Crippen LogP contribution in [0.1, 0.15) is 11.6 Å². The van der Waals surface area contributed by atoms with Crippen LogP contribution in [0.5, 0.6) is 5.75 Å². The van der Waals surface area contributed by atoms with Gasteiger partial charge in [-0.2, -0.15) is 0 Å². The van der Waals surface area contributed by atoms with Gasteiger partial charge in [0, 0.05) is 66.0 Å². The molecule has 0 bridgehead atoms. The van der Waals surface area contributed by atoms with Crippen LogP contribution in [0.3, 0.4) is 0 Å². The van der Waals surface area contributed by atoms with E-state index in [-0.39, 0.29) is 6.04 Å². The third-order valence-corrected chi connectivity index (χ3v) is 5.09. The minimum atomic E-state index is 0.196. The number of aryl methyl sites for hydroxylation is 1. The van der Waals surface area contributed by atoms with Crippen LogP contribution in [-0.4, -0.2) is 34.9 Å². The summed E-state index contributed by atoms with van der Waals surface area (Å²) in [5, 5.41) is 3.27. The number of ether oxygens (including phenoxy) is 1. The average Bonchev–Trinajstić information content (AvgIpc) is 3.30. The lowest BCUT2D eigenvalue weighted by molar-refractivity contribution is 0.253. The van der Waals surface area contributed by atoms with Gasteiger partial charge in [0.1, 0.15) is 11.6 Å². The molecule has 0 saturated carbocycles. The van der Waals surface area contributed by atoms with Gasteiger partial charge in [0.25, 0.3) is 0 Å². The number of nitrogens with zero attached hydrogens (tertiary/aromatic N) is 3. The second-order valence-electron chi connectivity index (χ2n) is 6.57. The van der Waals surface area contributed by atoms with E-state index in [1.807, 2.05) is 25.5 Å². The van der Waals surface area contributed by atoms with Gasteiger partial charge in [-0.05, 0) is 24.3 Å². The fraction of sp³-hybridized carbons (Fsp3) is 0.211. The molecule has 0 fully saturated rings. The Morgan fingerprint density at radius 1 is 1.20 bits per heavy atom. The molecule has 4 heterocycles. The minimum absolute atomic E-state index is 0.196. The van der Waals surface area contributed by atoms with E-state index in [9.17, 15) is 0 Å². The minimum Gasteiger partial charge on any atom is -0.497 e. The SMILES string of the molecule is COc1ccc2c(c1)c(-c1cc3c([nH]1)N=CC1=CNN(C)C13)cn2C. The van der Waals surface area contributed by atoms with Crippen LogP contribution in [0.15, 0.2) is 47.2 Å². The first-order valence-corrected chi connectivity index (χ1v) is 8.25. The van der Waals surface area contributed by atoms with Gasteiger partial charge < -0.3 is 19.7 Å². The highest BCUT2D eigenvalue weighted by atomic mass is 16.5. The molecular weight excluding hydrogens is 314 g/mol. The van der Waals surface area contributed by atoms with Crippen molar-refractivity contribution in [1.82, 2.24) is 20.0 Å². The van der Waals surface area contributed by atoms with E-state index < -0.39 is 0 Å². The zero-order chi connectivity index (χ0) is 17.1. The number of H-pyrrole nitrogens is 1. The molecule has 126 valence electrons. The highest BCUT2D eigenvalue weighted by Gasteiger charge is 2.31. The number of nitrogens with one attached hydrogen (secondary N) is 2. The zero-order valence-electron chi connectivity index (χ0n) is 14.4. The molecule has 2 N–H and O–H groups in total. The number of hydrogen-bond acceptors (Lipinski definition) is 4. The predicted molar refractivity (Wildman–Crippen MR) is 99.1 cm³/mol. The lowest BCUT2D eigenvalue weighted by Gasteiger charge is -2.23. The Bertz CT molecular complexity index is 1060. The lowest BCUT2D eigenvalue weighted by atomic mass is 10.00. The van der Waals surface area contributed by atoms with Crippen molar-refractivity contribution in [3.05, 3.63) is 47.8 Å². The molecule has 0 saturated heterocycles. The maximum Gasteiger partial charge on any atom is 0.135 e. The Labute approximate surface area is 145 Å². The molecule has 1 aromatic carbocycles. The summed E-state index contributed by atoms with van der Waals surface area (Å²) in [6.07, 6.45) is 6.08. The summed E-state index contributed by atoms with van der Waals surface area (Å²) in [4.78, 5) is 8.08. The normalized spacial score (nSPS) is 18.8. The van der Waals surface area contributed by atoms with Crippen molar-refractivity contribution in [2.75, 3.05) is 14.2 Å². The van der Waals surface area contributed by atoms with Gasteiger partial charge in [-0.1, -0.05) is 0 Å². The van der Waals surface area contributed by atoms with E-state index in [1.165, 1.54) is 16.7 Å². The largest absolute Gasteiger partial charge is 0.497 e. The molecule has 25 heavy (non-hydrogen) atoms. The molecule has 0 spiro atoms. The summed E-state index contributed by atoms with van der Waals surface area (Å²) in [5.41, 5.74) is 9.02. The molecule has 3 aromatic rings. The van der Waals surface area contributed by atoms with Gasteiger partial charge in [0.05, 0.1) is 13.2 Å². The molecule has 0 aliphatic carbocycles. The second-order valence-corrected chi connectivity index (χ2v) is 6.57. The number of likely N-dealkylation sites (N-methyl/N-ethyl adjacent to an activating group) is 1. The summed E-state index contributed by atoms with van der Waals surface area (Å²) < 4.78 is 7.55. The van der Waals surface area contributed by atoms with Gasteiger partial charge in [0.15, 0.2) is 0 Å². The number of hydrogen-bond donors (Lipinski definition) is 2. The first-order valence-electron chi connectivity index (χ1n) is 8.25. The fourth-order valence-corrected chi connectivity index (χ4v) is 3.82. The summed E-state index contributed by atoms with van der Waals surface area (Å²) in [6, 6.07) is 8.58. The summed E-state index contributed by atoms with van der Waals surface area (Å²) in [6.45, 7) is 0. The van der Waals surface area contributed by atoms with Gasteiger partial charge in [-0.25, -0.2) is 10.0 Å². The topological polar surface area (TPSA) is 57.6 Å². The van der Waals surface area contributed by atoms with E-state index in [2.05, 4.69) is 56.4 Å². The van der Waals surface area contributed by atoms with Crippen LogP contribution in [0.2, 0.25) is 0 Å². The fourth-order valence-electron chi connectivity index (χ4n) is 3.82. The maximum absolute atomic E-state index is 5.41. The second kappa shape index (κ2) is 5.00. The van der Waals surface area contributed by atoms with E-state index in [4.69, 9.17) is 4.74 Å². The number of methoxy groups -OCH3 is 1. The van der Waals surface area contributed by atoms with Crippen LogP contribution in [0.4, 0.5) is 5.82 Å². The van der Waals surface area contributed by atoms with Crippen LogP contribution in [-0.2, 0) is 7.05 Å². The molecule has 0 amide bonds. The Morgan fingerprint density at radius 3 is 2.92 bits per heavy atom. The molecule has 2 aromatic heterocycles. The average molecular weight is 333 g/mol. The molecule has 1 unspecified atom stereocenters. The monoisotopic (exact) mass is 333 g/mol. The maximum atomic E-state index is 5.41. The van der Waals surface area contributed by atoms with E-state index >= 15 is 0 Å². The molecule has 5 rings (SSSR count). The molecule has 2 aliphatic rings. The number of hydrazine groups is 1. The lowest BCUT2D eigenvalue weighted by Crippen LogP contribution is -2.29. The zero-order valence-corrected chi connectivity index (χ0v) is 14.4. The van der Waals surface area contributed by atoms with Crippen molar-refractivity contribution in [2.24, 2.45) is 12.0 Å². The Morgan fingerprint density at radius 2 is 2.08 bits per heavy atom. The number of benzene rings is 1. The van der Waals surface area contributed by atoms with Crippen molar-refractivity contribution in [3.8, 4) is 17.0 Å². The van der Waals surface area contributed by atoms with E-state index in [0.29, 0.717) is 0 Å². The van der Waals surface area contributed by atoms with Gasteiger partial charge in [-0.3, -0.25) is 0 Å². The number of aliphatic imine (C=N–C) groups is 1. The highest BCUT2D eigenvalue weighted by Crippen LogP contribution is 2.42. The number of fused-ring (bicyclic) bond motifs is 4. The number of aromatic amines is 1. The van der Waals surface area contributed by atoms with Crippen LogP contribution in [0.25, 0.3) is 22.2 Å². The standard InChI is InChI=1S/C19H19N5O/c1-23-10-15(13-6-12(25-3)4-5-17(13)23)16-7-14-18-11(9-21-24(18)2)8-20-19(14)22-16/h4-10,18,21-22H,1-3H3. The summed E-state index contributed by atoms with van der Waals surface area (Å²) in [7, 11) is 5.81. The molecule has 6 heteroatoms. The highest BCUT2D eigenvalue weighted by molar-refractivity contribution is 5.97. The van der Waals surface area contributed by atoms with Crippen LogP contribution in [0, 0.1) is 0 Å². The molecule has 6 nitrogen and oxygen atoms in total. The van der Waals surface area contributed by atoms with Crippen molar-refractivity contribution in [2.45, 2.75) is 6.04 Å². The molecule has 0 radical (unpaired) electrons. The summed E-state index contributed by atoms with van der Waals surface area (Å²) >= 11 is 0. The molecule has 2 aliphatic heterocycles. The van der Waals surface area contributed by atoms with Crippen molar-refractivity contribution < 1.29 is 4.74 Å². The quantitative estimate of drug-likeness (QED) is 0.757. The number of aromatic nitrogens is 2. The van der Waals surface area contributed by atoms with Crippen LogP contribution < -0.4 is 10.2 Å². The third-order valence-electron chi connectivity index (χ3n) is 5.09. The Balaban J connectivity index is 1.69. The van der Waals surface area contributed by atoms with E-state index in [0.717, 1.165) is 28.2 Å². The first-order chi connectivity index (χ1) is 12.2. The van der Waals surface area contributed by atoms with Crippen molar-refractivity contribution in [1.29, 1.82) is 0 Å². The van der Waals surface area contributed by atoms with Crippen molar-refractivity contribution in [3.63, 3.8) is 0 Å². The molecular formula is C19H19N5O. The third kappa shape index (κ3) is 1.97. The van der Waals surface area contributed by atoms with E-state index in [1.54, 1.807) is 7.11 Å². The summed E-state index contributed by atoms with van der Waals surface area (Å²) in [5.74, 6) is 1.78. The number of rotatable bonds is 2. The first kappa shape index (κ1) is 14.4. The van der Waals surface area contributed by atoms with Gasteiger partial charge in [0.2, 0.25) is 0 Å². The predicted octanol–water partition coefficient (Wildman–Crippen LogP) is 3.27. The smallest absolute Gasteiger partial charge is 0.135 e. The molecule has 1 atom stereocenters.